The van der Waals surface area contributed by atoms with Crippen LogP contribution < -0.4 is 10.5 Å². The number of hydrogen-bond donors (Lipinski definition) is 1. The summed E-state index contributed by atoms with van der Waals surface area (Å²) in [6.45, 7) is 2.20. The van der Waals surface area contributed by atoms with Crippen LogP contribution in [0.3, 0.4) is 0 Å². The molecule has 0 aliphatic heterocycles. The summed E-state index contributed by atoms with van der Waals surface area (Å²) < 4.78 is 11.1. The van der Waals surface area contributed by atoms with Crippen LogP contribution in [-0.2, 0) is 6.54 Å². The van der Waals surface area contributed by atoms with Crippen molar-refractivity contribution in [3.8, 4) is 17.1 Å². The summed E-state index contributed by atoms with van der Waals surface area (Å²) >= 11 is 3.48. The van der Waals surface area contributed by atoms with Gasteiger partial charge in [0.2, 0.25) is 11.7 Å². The Morgan fingerprint density at radius 3 is 2.82 bits per heavy atom. The molecule has 90 valence electrons. The number of aromatic nitrogens is 2. The van der Waals surface area contributed by atoms with Crippen LogP contribution in [0.2, 0.25) is 0 Å². The predicted octanol–water partition coefficient (Wildman–Crippen LogP) is 2.27. The number of halogens is 1. The molecule has 1 aromatic heterocycles. The van der Waals surface area contributed by atoms with Crippen molar-refractivity contribution in [1.82, 2.24) is 10.1 Å². The molecule has 2 aromatic rings. The zero-order valence-corrected chi connectivity index (χ0v) is 11.1. The molecule has 0 spiro atoms. The first-order valence-electron chi connectivity index (χ1n) is 5.03. The second kappa shape index (κ2) is 4.85. The van der Waals surface area contributed by atoms with Crippen LogP contribution in [0.5, 0.6) is 5.75 Å². The van der Waals surface area contributed by atoms with Crippen molar-refractivity contribution in [1.29, 1.82) is 0 Å². The van der Waals surface area contributed by atoms with Gasteiger partial charge in [-0.15, -0.1) is 0 Å². The molecule has 17 heavy (non-hydrogen) atoms. The molecule has 0 fully saturated rings. The maximum Gasteiger partial charge on any atom is 0.240 e. The molecule has 0 saturated heterocycles. The SMILES string of the molecule is COc1c(C)ccc(-c2noc(CN)n2)c1Br. The van der Waals surface area contributed by atoms with Crippen molar-refractivity contribution in [3.05, 3.63) is 28.1 Å². The third-order valence-electron chi connectivity index (χ3n) is 2.38. The number of ether oxygens (including phenoxy) is 1. The zero-order valence-electron chi connectivity index (χ0n) is 9.53. The van der Waals surface area contributed by atoms with Gasteiger partial charge in [-0.1, -0.05) is 11.2 Å². The molecule has 1 heterocycles. The van der Waals surface area contributed by atoms with E-state index < -0.39 is 0 Å². The fourth-order valence-electron chi connectivity index (χ4n) is 1.52. The Morgan fingerprint density at radius 1 is 1.47 bits per heavy atom. The summed E-state index contributed by atoms with van der Waals surface area (Å²) in [5.74, 6) is 1.67. The Balaban J connectivity index is 2.52. The van der Waals surface area contributed by atoms with E-state index in [4.69, 9.17) is 15.0 Å². The second-order valence-corrected chi connectivity index (χ2v) is 4.29. The zero-order chi connectivity index (χ0) is 12.4. The van der Waals surface area contributed by atoms with E-state index in [9.17, 15) is 0 Å². The van der Waals surface area contributed by atoms with E-state index in [1.807, 2.05) is 19.1 Å². The fraction of sp³-hybridized carbons (Fsp3) is 0.273. The lowest BCUT2D eigenvalue weighted by Gasteiger charge is -2.09. The Kier molecular flexibility index (Phi) is 3.44. The molecule has 0 unspecified atom stereocenters. The molecule has 6 heteroatoms. The van der Waals surface area contributed by atoms with E-state index in [1.54, 1.807) is 7.11 Å². The van der Waals surface area contributed by atoms with E-state index in [0.29, 0.717) is 11.7 Å². The third kappa shape index (κ3) is 2.18. The van der Waals surface area contributed by atoms with Crippen molar-refractivity contribution in [2.75, 3.05) is 7.11 Å². The van der Waals surface area contributed by atoms with Crippen molar-refractivity contribution in [2.24, 2.45) is 5.73 Å². The van der Waals surface area contributed by atoms with E-state index >= 15 is 0 Å². The van der Waals surface area contributed by atoms with Crippen molar-refractivity contribution < 1.29 is 9.26 Å². The molecule has 1 aromatic carbocycles. The van der Waals surface area contributed by atoms with E-state index in [1.165, 1.54) is 0 Å². The Hall–Kier alpha value is -1.40. The Morgan fingerprint density at radius 2 is 2.24 bits per heavy atom. The lowest BCUT2D eigenvalue weighted by atomic mass is 10.1. The quantitative estimate of drug-likeness (QED) is 0.941. The first-order valence-corrected chi connectivity index (χ1v) is 5.82. The highest BCUT2D eigenvalue weighted by Crippen LogP contribution is 2.36. The maximum atomic E-state index is 5.43. The monoisotopic (exact) mass is 297 g/mol. The molecule has 5 nitrogen and oxygen atoms in total. The van der Waals surface area contributed by atoms with Gasteiger partial charge in [-0.05, 0) is 34.5 Å². The molecule has 0 amide bonds. The average Bonchev–Trinajstić information content (AvgIpc) is 2.78. The van der Waals surface area contributed by atoms with E-state index in [-0.39, 0.29) is 6.54 Å². The molecule has 0 atom stereocenters. The third-order valence-corrected chi connectivity index (χ3v) is 3.17. The van der Waals surface area contributed by atoms with Crippen molar-refractivity contribution in [2.45, 2.75) is 13.5 Å². The molecule has 0 aliphatic rings. The summed E-state index contributed by atoms with van der Waals surface area (Å²) in [4.78, 5) is 4.18. The summed E-state index contributed by atoms with van der Waals surface area (Å²) in [6.07, 6.45) is 0. The van der Waals surface area contributed by atoms with E-state index in [0.717, 1.165) is 21.3 Å². The average molecular weight is 298 g/mol. The number of nitrogens with zero attached hydrogens (tertiary/aromatic N) is 2. The van der Waals surface area contributed by atoms with Crippen LogP contribution in [0.15, 0.2) is 21.1 Å². The van der Waals surface area contributed by atoms with Gasteiger partial charge in [0.15, 0.2) is 0 Å². The van der Waals surface area contributed by atoms with Crippen molar-refractivity contribution >= 4 is 15.9 Å². The minimum atomic E-state index is 0.230. The second-order valence-electron chi connectivity index (χ2n) is 3.49. The summed E-state index contributed by atoms with van der Waals surface area (Å²) in [6, 6.07) is 3.85. The molecule has 0 aliphatic carbocycles. The highest BCUT2D eigenvalue weighted by Gasteiger charge is 2.15. The van der Waals surface area contributed by atoms with Crippen LogP contribution in [0.1, 0.15) is 11.5 Å². The van der Waals surface area contributed by atoms with Crippen LogP contribution in [0.25, 0.3) is 11.4 Å². The normalized spacial score (nSPS) is 10.6. The Bertz CT molecular complexity index is 540. The van der Waals surface area contributed by atoms with Crippen molar-refractivity contribution in [3.63, 3.8) is 0 Å². The standard InChI is InChI=1S/C11H12BrN3O2/c1-6-3-4-7(9(12)10(6)16-2)11-14-8(5-13)17-15-11/h3-4H,5,13H2,1-2H3. The number of nitrogens with two attached hydrogens (primary N) is 1. The van der Waals surface area contributed by atoms with Gasteiger partial charge < -0.3 is 15.0 Å². The van der Waals surface area contributed by atoms with Gasteiger partial charge in [-0.2, -0.15) is 4.98 Å². The van der Waals surface area contributed by atoms with Gasteiger partial charge in [0.25, 0.3) is 0 Å². The molecule has 2 rings (SSSR count). The number of benzene rings is 1. The van der Waals surface area contributed by atoms with Crippen LogP contribution in [0.4, 0.5) is 0 Å². The van der Waals surface area contributed by atoms with Gasteiger partial charge in [0.05, 0.1) is 18.1 Å². The predicted molar refractivity (Wildman–Crippen MR) is 66.6 cm³/mol. The van der Waals surface area contributed by atoms with Gasteiger partial charge in [0.1, 0.15) is 5.75 Å². The number of rotatable bonds is 3. The molecule has 0 saturated carbocycles. The largest absolute Gasteiger partial charge is 0.495 e. The molecule has 2 N–H and O–H groups in total. The molecular weight excluding hydrogens is 286 g/mol. The number of methoxy groups -OCH3 is 1. The fourth-order valence-corrected chi connectivity index (χ4v) is 2.31. The summed E-state index contributed by atoms with van der Waals surface area (Å²) in [5, 5.41) is 3.87. The van der Waals surface area contributed by atoms with Crippen LogP contribution in [-0.4, -0.2) is 17.3 Å². The minimum absolute atomic E-state index is 0.230. The van der Waals surface area contributed by atoms with Gasteiger partial charge in [0, 0.05) is 5.56 Å². The first kappa shape index (κ1) is 12.1. The minimum Gasteiger partial charge on any atom is -0.495 e. The van der Waals surface area contributed by atoms with E-state index in [2.05, 4.69) is 26.1 Å². The summed E-state index contributed by atoms with van der Waals surface area (Å²) in [5.41, 5.74) is 7.28. The first-order chi connectivity index (χ1) is 8.17. The molecular formula is C11H12BrN3O2. The lowest BCUT2D eigenvalue weighted by Crippen LogP contribution is -1.96. The maximum absolute atomic E-state index is 5.43. The lowest BCUT2D eigenvalue weighted by molar-refractivity contribution is 0.380. The molecule has 0 bridgehead atoms. The van der Waals surface area contributed by atoms with Gasteiger partial charge in [-0.3, -0.25) is 0 Å². The topological polar surface area (TPSA) is 74.2 Å². The van der Waals surface area contributed by atoms with Crippen LogP contribution in [0, 0.1) is 6.92 Å². The number of aryl methyl sites for hydroxylation is 1. The smallest absolute Gasteiger partial charge is 0.240 e. The summed E-state index contributed by atoms with van der Waals surface area (Å²) in [7, 11) is 1.62. The van der Waals surface area contributed by atoms with Gasteiger partial charge in [-0.25, -0.2) is 0 Å². The number of hydrogen-bond acceptors (Lipinski definition) is 5. The van der Waals surface area contributed by atoms with Crippen LogP contribution >= 0.6 is 15.9 Å². The highest BCUT2D eigenvalue weighted by atomic mass is 79.9. The van der Waals surface area contributed by atoms with Gasteiger partial charge >= 0.3 is 0 Å². The Labute approximate surface area is 107 Å². The highest BCUT2D eigenvalue weighted by molar-refractivity contribution is 9.10. The molecule has 0 radical (unpaired) electrons.